The van der Waals surface area contributed by atoms with Crippen molar-refractivity contribution in [1.29, 1.82) is 0 Å². The van der Waals surface area contributed by atoms with Crippen LogP contribution in [0.2, 0.25) is 0 Å². The van der Waals surface area contributed by atoms with Crippen molar-refractivity contribution in [2.45, 2.75) is 0 Å². The van der Waals surface area contributed by atoms with Crippen LogP contribution in [0.1, 0.15) is 0 Å². The summed E-state index contributed by atoms with van der Waals surface area (Å²) in [7, 11) is 0. The fraction of sp³-hybridized carbons (Fsp3) is 0. The van der Waals surface area contributed by atoms with Crippen LogP contribution in [-0.2, 0) is 0 Å². The molecule has 23 heavy (non-hydrogen) atoms. The van der Waals surface area contributed by atoms with Gasteiger partial charge in [-0.3, -0.25) is 14.9 Å². The summed E-state index contributed by atoms with van der Waals surface area (Å²) in [5, 5.41) is 10.9. The summed E-state index contributed by atoms with van der Waals surface area (Å²) < 4.78 is 0. The summed E-state index contributed by atoms with van der Waals surface area (Å²) in [6.45, 7) is 0. The molecule has 0 aliphatic carbocycles. The molecular weight excluding hydrogens is 296 g/mol. The van der Waals surface area contributed by atoms with Crippen molar-refractivity contribution in [3.63, 3.8) is 0 Å². The molecule has 1 aromatic heterocycles. The van der Waals surface area contributed by atoms with E-state index >= 15 is 0 Å². The van der Waals surface area contributed by atoms with E-state index in [4.69, 9.17) is 5.73 Å². The lowest BCUT2D eigenvalue weighted by Gasteiger charge is -2.05. The van der Waals surface area contributed by atoms with Crippen molar-refractivity contribution in [3.05, 3.63) is 75.1 Å². The van der Waals surface area contributed by atoms with Gasteiger partial charge in [-0.2, -0.15) is 0 Å². The third-order valence-electron chi connectivity index (χ3n) is 3.28. The number of non-ortho nitro benzene ring substituents is 1. The fourth-order valence-corrected chi connectivity index (χ4v) is 2.16. The Morgan fingerprint density at radius 2 is 1.78 bits per heavy atom. The van der Waals surface area contributed by atoms with Gasteiger partial charge in [-0.25, -0.2) is 4.98 Å². The predicted octanol–water partition coefficient (Wildman–Crippen LogP) is 2.59. The van der Waals surface area contributed by atoms with Gasteiger partial charge in [0.2, 0.25) is 0 Å². The Balaban J connectivity index is 2.11. The van der Waals surface area contributed by atoms with Crippen molar-refractivity contribution in [3.8, 4) is 22.6 Å². The van der Waals surface area contributed by atoms with Crippen molar-refractivity contribution >= 4 is 11.4 Å². The van der Waals surface area contributed by atoms with E-state index in [1.807, 2.05) is 0 Å². The van der Waals surface area contributed by atoms with E-state index in [2.05, 4.69) is 9.97 Å². The number of rotatable bonds is 3. The number of anilines is 1. The number of nitrogens with two attached hydrogens (primary N) is 1. The normalized spacial score (nSPS) is 10.4. The van der Waals surface area contributed by atoms with Crippen LogP contribution in [0.25, 0.3) is 22.6 Å². The van der Waals surface area contributed by atoms with E-state index in [-0.39, 0.29) is 17.1 Å². The summed E-state index contributed by atoms with van der Waals surface area (Å²) in [6.07, 6.45) is 0. The van der Waals surface area contributed by atoms with Crippen LogP contribution in [0.15, 0.2) is 59.4 Å². The van der Waals surface area contributed by atoms with Gasteiger partial charge in [0.25, 0.3) is 11.2 Å². The van der Waals surface area contributed by atoms with Gasteiger partial charge in [-0.1, -0.05) is 24.3 Å². The van der Waals surface area contributed by atoms with Crippen molar-refractivity contribution in [2.75, 3.05) is 5.73 Å². The fourth-order valence-electron chi connectivity index (χ4n) is 2.16. The molecular formula is C16H12N4O3. The highest BCUT2D eigenvalue weighted by atomic mass is 16.6. The standard InChI is InChI=1S/C16H12N4O3/c17-12-6-4-10(5-7-12)14-9-15(21)19-16(18-14)11-2-1-3-13(8-11)20(22)23/h1-9H,17H2,(H,18,19,21). The van der Waals surface area contributed by atoms with Crippen molar-refractivity contribution in [1.82, 2.24) is 9.97 Å². The lowest BCUT2D eigenvalue weighted by molar-refractivity contribution is -0.384. The maximum atomic E-state index is 11.9. The summed E-state index contributed by atoms with van der Waals surface area (Å²) in [4.78, 5) is 29.3. The molecule has 1 heterocycles. The minimum Gasteiger partial charge on any atom is -0.399 e. The third-order valence-corrected chi connectivity index (χ3v) is 3.28. The summed E-state index contributed by atoms with van der Waals surface area (Å²) >= 11 is 0. The molecule has 0 saturated carbocycles. The second-order valence-corrected chi connectivity index (χ2v) is 4.91. The highest BCUT2D eigenvalue weighted by molar-refractivity contribution is 5.66. The van der Waals surface area contributed by atoms with E-state index in [1.54, 1.807) is 36.4 Å². The number of aromatic amines is 1. The molecule has 0 fully saturated rings. The smallest absolute Gasteiger partial charge is 0.270 e. The average Bonchev–Trinajstić information content (AvgIpc) is 2.55. The number of hydrogen-bond acceptors (Lipinski definition) is 5. The Bertz CT molecular complexity index is 933. The molecule has 0 spiro atoms. The van der Waals surface area contributed by atoms with Gasteiger partial charge < -0.3 is 10.7 Å². The van der Waals surface area contributed by atoms with Gasteiger partial charge >= 0.3 is 0 Å². The Hall–Kier alpha value is -3.48. The van der Waals surface area contributed by atoms with Crippen LogP contribution >= 0.6 is 0 Å². The highest BCUT2D eigenvalue weighted by Crippen LogP contribution is 2.23. The highest BCUT2D eigenvalue weighted by Gasteiger charge is 2.10. The Morgan fingerprint density at radius 3 is 2.48 bits per heavy atom. The first kappa shape index (κ1) is 14.5. The van der Waals surface area contributed by atoms with E-state index in [1.165, 1.54) is 18.2 Å². The number of benzene rings is 2. The van der Waals surface area contributed by atoms with Gasteiger partial charge in [0.05, 0.1) is 10.6 Å². The van der Waals surface area contributed by atoms with Crippen LogP contribution in [0.3, 0.4) is 0 Å². The molecule has 7 nitrogen and oxygen atoms in total. The molecule has 0 bridgehead atoms. The van der Waals surface area contributed by atoms with Crippen LogP contribution < -0.4 is 11.3 Å². The lowest BCUT2D eigenvalue weighted by Crippen LogP contribution is -2.08. The number of nitrogen functional groups attached to an aromatic ring is 1. The topological polar surface area (TPSA) is 115 Å². The van der Waals surface area contributed by atoms with E-state index in [9.17, 15) is 14.9 Å². The van der Waals surface area contributed by atoms with Crippen molar-refractivity contribution in [2.24, 2.45) is 0 Å². The molecule has 0 unspecified atom stereocenters. The van der Waals surface area contributed by atoms with Gasteiger partial charge in [-0.05, 0) is 12.1 Å². The third kappa shape index (κ3) is 3.08. The number of aromatic nitrogens is 2. The molecule has 0 saturated heterocycles. The van der Waals surface area contributed by atoms with Gasteiger partial charge in [0.15, 0.2) is 0 Å². The van der Waals surface area contributed by atoms with E-state index in [0.717, 1.165) is 5.56 Å². The molecule has 3 aromatic rings. The van der Waals surface area contributed by atoms with Crippen LogP contribution in [0.4, 0.5) is 11.4 Å². The Labute approximate surface area is 130 Å². The molecule has 0 aliphatic heterocycles. The van der Waals surface area contributed by atoms with Crippen molar-refractivity contribution < 1.29 is 4.92 Å². The van der Waals surface area contributed by atoms with Crippen LogP contribution in [0.5, 0.6) is 0 Å². The lowest BCUT2D eigenvalue weighted by atomic mass is 10.1. The number of nitro groups is 1. The molecule has 0 aliphatic rings. The second-order valence-electron chi connectivity index (χ2n) is 4.91. The number of nitro benzene ring substituents is 1. The predicted molar refractivity (Wildman–Crippen MR) is 86.8 cm³/mol. The number of hydrogen-bond donors (Lipinski definition) is 2. The van der Waals surface area contributed by atoms with E-state index < -0.39 is 4.92 Å². The Morgan fingerprint density at radius 1 is 1.04 bits per heavy atom. The zero-order valence-corrected chi connectivity index (χ0v) is 11.9. The van der Waals surface area contributed by atoms with Gasteiger partial charge in [-0.15, -0.1) is 0 Å². The summed E-state index contributed by atoms with van der Waals surface area (Å²) in [6, 6.07) is 14.3. The molecule has 0 radical (unpaired) electrons. The van der Waals surface area contributed by atoms with Gasteiger partial charge in [0.1, 0.15) is 5.82 Å². The van der Waals surface area contributed by atoms with Crippen LogP contribution in [-0.4, -0.2) is 14.9 Å². The number of nitrogens with one attached hydrogen (secondary N) is 1. The number of nitrogens with zero attached hydrogens (tertiary/aromatic N) is 2. The monoisotopic (exact) mass is 308 g/mol. The first-order valence-electron chi connectivity index (χ1n) is 6.75. The van der Waals surface area contributed by atoms with E-state index in [0.29, 0.717) is 16.9 Å². The first-order chi connectivity index (χ1) is 11.0. The maximum absolute atomic E-state index is 11.9. The minimum absolute atomic E-state index is 0.0666. The quantitative estimate of drug-likeness (QED) is 0.438. The minimum atomic E-state index is -0.495. The molecule has 3 N–H and O–H groups in total. The largest absolute Gasteiger partial charge is 0.399 e. The molecule has 7 heteroatoms. The molecule has 0 atom stereocenters. The Kier molecular flexibility index (Phi) is 3.60. The van der Waals surface area contributed by atoms with Gasteiger partial charge in [0, 0.05) is 35.0 Å². The second kappa shape index (κ2) is 5.72. The molecule has 2 aromatic carbocycles. The number of H-pyrrole nitrogens is 1. The summed E-state index contributed by atoms with van der Waals surface area (Å²) in [5.74, 6) is 0.271. The average molecular weight is 308 g/mol. The summed E-state index contributed by atoms with van der Waals surface area (Å²) in [5.41, 5.74) is 7.52. The molecule has 3 rings (SSSR count). The molecule has 0 amide bonds. The maximum Gasteiger partial charge on any atom is 0.270 e. The molecule has 114 valence electrons. The van der Waals surface area contributed by atoms with Crippen LogP contribution in [0, 0.1) is 10.1 Å². The zero-order chi connectivity index (χ0) is 16.4. The SMILES string of the molecule is Nc1ccc(-c2cc(=O)[nH]c(-c3cccc([N+](=O)[O-])c3)n2)cc1. The zero-order valence-electron chi connectivity index (χ0n) is 11.9. The first-order valence-corrected chi connectivity index (χ1v) is 6.75.